The summed E-state index contributed by atoms with van der Waals surface area (Å²) in [4.78, 5) is 26.5. The molecular formula is C23H15BrFNO2. The molecular weight excluding hydrogens is 421 g/mol. The minimum atomic E-state index is -1.08. The highest BCUT2D eigenvalue weighted by Gasteiger charge is 2.76. The highest BCUT2D eigenvalue weighted by atomic mass is 79.9. The van der Waals surface area contributed by atoms with Gasteiger partial charge in [-0.05, 0) is 35.4 Å². The van der Waals surface area contributed by atoms with Gasteiger partial charge in [0.1, 0.15) is 5.82 Å². The summed E-state index contributed by atoms with van der Waals surface area (Å²) in [6.07, 6.45) is 0. The molecule has 1 aliphatic carbocycles. The highest BCUT2D eigenvalue weighted by molar-refractivity contribution is 9.10. The number of fused-ring (bicyclic) bond motifs is 2. The molecule has 1 saturated carbocycles. The number of hydrogen-bond donors (Lipinski definition) is 1. The Bertz CT molecular complexity index is 1130. The van der Waals surface area contributed by atoms with Gasteiger partial charge in [-0.25, -0.2) is 4.39 Å². The Labute approximate surface area is 169 Å². The van der Waals surface area contributed by atoms with E-state index in [4.69, 9.17) is 0 Å². The Balaban J connectivity index is 1.71. The van der Waals surface area contributed by atoms with Crippen LogP contribution in [0.1, 0.15) is 27.4 Å². The second-order valence-electron chi connectivity index (χ2n) is 7.22. The van der Waals surface area contributed by atoms with Gasteiger partial charge >= 0.3 is 0 Å². The second kappa shape index (κ2) is 6.11. The zero-order valence-corrected chi connectivity index (χ0v) is 16.2. The molecule has 3 atom stereocenters. The molecule has 138 valence electrons. The Morgan fingerprint density at radius 2 is 1.71 bits per heavy atom. The number of amides is 1. The Hall–Kier alpha value is -2.79. The van der Waals surface area contributed by atoms with Crippen LogP contribution in [0, 0.1) is 11.7 Å². The van der Waals surface area contributed by atoms with Gasteiger partial charge in [-0.1, -0.05) is 64.5 Å². The summed E-state index contributed by atoms with van der Waals surface area (Å²) in [6.45, 7) is 0. The Morgan fingerprint density at radius 1 is 1.00 bits per heavy atom. The van der Waals surface area contributed by atoms with E-state index in [1.54, 1.807) is 36.4 Å². The van der Waals surface area contributed by atoms with E-state index in [9.17, 15) is 14.0 Å². The van der Waals surface area contributed by atoms with E-state index in [2.05, 4.69) is 21.2 Å². The molecule has 3 aromatic rings. The topological polar surface area (TPSA) is 46.2 Å². The van der Waals surface area contributed by atoms with Gasteiger partial charge in [0.15, 0.2) is 5.78 Å². The third kappa shape index (κ3) is 2.26. The lowest BCUT2D eigenvalue weighted by atomic mass is 9.90. The van der Waals surface area contributed by atoms with Crippen LogP contribution in [0.3, 0.4) is 0 Å². The van der Waals surface area contributed by atoms with Crippen molar-refractivity contribution in [1.29, 1.82) is 0 Å². The molecule has 3 nitrogen and oxygen atoms in total. The van der Waals surface area contributed by atoms with Crippen molar-refractivity contribution >= 4 is 33.3 Å². The first kappa shape index (κ1) is 17.3. The van der Waals surface area contributed by atoms with Gasteiger partial charge in [0, 0.05) is 27.6 Å². The summed E-state index contributed by atoms with van der Waals surface area (Å²) in [6, 6.07) is 20.9. The number of ketones is 1. The van der Waals surface area contributed by atoms with Crippen LogP contribution in [-0.2, 0) is 10.2 Å². The second-order valence-corrected chi connectivity index (χ2v) is 8.14. The van der Waals surface area contributed by atoms with E-state index < -0.39 is 23.1 Å². The Kier molecular flexibility index (Phi) is 3.78. The normalized spacial score (nSPS) is 24.7. The van der Waals surface area contributed by atoms with Gasteiger partial charge in [-0.2, -0.15) is 0 Å². The molecule has 1 fully saturated rings. The lowest BCUT2D eigenvalue weighted by Gasteiger charge is -2.10. The van der Waals surface area contributed by atoms with E-state index in [1.807, 2.05) is 30.3 Å². The average molecular weight is 436 g/mol. The standard InChI is InChI=1S/C23H15BrFNO2/c24-14-10-11-17(25)15(12-14)19-20(21(27)13-6-2-1-3-7-13)23(19)16-8-4-5-9-18(16)26-22(23)28/h1-12,19-20H,(H,26,28)/t19-,20+,23-/m0/s1. The maximum absolute atomic E-state index is 14.8. The van der Waals surface area contributed by atoms with E-state index in [-0.39, 0.29) is 11.7 Å². The van der Waals surface area contributed by atoms with Crippen molar-refractivity contribution < 1.29 is 14.0 Å². The fourth-order valence-corrected chi connectivity index (χ4v) is 5.00. The SMILES string of the molecule is O=C(c1ccccc1)[C@H]1[C@H](c2cc(Br)ccc2F)[C@]12C(=O)Nc1ccccc12. The maximum Gasteiger partial charge on any atom is 0.236 e. The molecule has 1 amide bonds. The highest BCUT2D eigenvalue weighted by Crippen LogP contribution is 2.70. The monoisotopic (exact) mass is 435 g/mol. The van der Waals surface area contributed by atoms with Crippen LogP contribution in [-0.4, -0.2) is 11.7 Å². The van der Waals surface area contributed by atoms with Crippen molar-refractivity contribution in [3.63, 3.8) is 0 Å². The number of carbonyl (C=O) groups is 2. The van der Waals surface area contributed by atoms with Crippen LogP contribution in [0.4, 0.5) is 10.1 Å². The summed E-state index contributed by atoms with van der Waals surface area (Å²) >= 11 is 3.39. The molecule has 0 bridgehead atoms. The Morgan fingerprint density at radius 3 is 2.50 bits per heavy atom. The number of halogens is 2. The largest absolute Gasteiger partial charge is 0.325 e. The zero-order chi connectivity index (χ0) is 19.5. The van der Waals surface area contributed by atoms with Crippen molar-refractivity contribution in [3.8, 4) is 0 Å². The fraction of sp³-hybridized carbons (Fsp3) is 0.130. The summed E-state index contributed by atoms with van der Waals surface area (Å²) < 4.78 is 15.5. The molecule has 1 N–H and O–H groups in total. The van der Waals surface area contributed by atoms with Gasteiger partial charge in [0.05, 0.1) is 5.41 Å². The molecule has 5 rings (SSSR count). The van der Waals surface area contributed by atoms with Gasteiger partial charge in [-0.3, -0.25) is 9.59 Å². The van der Waals surface area contributed by atoms with Gasteiger partial charge < -0.3 is 5.32 Å². The van der Waals surface area contributed by atoms with E-state index in [0.717, 1.165) is 5.56 Å². The lowest BCUT2D eigenvalue weighted by molar-refractivity contribution is -0.118. The molecule has 3 aromatic carbocycles. The number of benzene rings is 3. The van der Waals surface area contributed by atoms with Crippen molar-refractivity contribution in [2.75, 3.05) is 5.32 Å². The number of rotatable bonds is 3. The van der Waals surface area contributed by atoms with Crippen LogP contribution < -0.4 is 5.32 Å². The summed E-state index contributed by atoms with van der Waals surface area (Å²) in [5.41, 5.74) is 1.29. The summed E-state index contributed by atoms with van der Waals surface area (Å²) in [5, 5.41) is 2.89. The predicted octanol–water partition coefficient (Wildman–Crippen LogP) is 5.07. The third-order valence-electron chi connectivity index (χ3n) is 5.84. The summed E-state index contributed by atoms with van der Waals surface area (Å²) in [7, 11) is 0. The average Bonchev–Trinajstić information content (AvgIpc) is 3.32. The molecule has 1 spiro atoms. The first-order chi connectivity index (χ1) is 13.5. The van der Waals surface area contributed by atoms with Crippen molar-refractivity contribution in [2.24, 2.45) is 5.92 Å². The number of Topliss-reactive ketones (excluding diaryl/α,β-unsaturated/α-hetero) is 1. The van der Waals surface area contributed by atoms with Crippen LogP contribution in [0.2, 0.25) is 0 Å². The van der Waals surface area contributed by atoms with E-state index in [0.29, 0.717) is 21.3 Å². The molecule has 2 aliphatic rings. The third-order valence-corrected chi connectivity index (χ3v) is 6.33. The minimum absolute atomic E-state index is 0.142. The van der Waals surface area contributed by atoms with Crippen LogP contribution in [0.5, 0.6) is 0 Å². The first-order valence-electron chi connectivity index (χ1n) is 9.00. The molecule has 0 aromatic heterocycles. The molecule has 0 radical (unpaired) electrons. The van der Waals surface area contributed by atoms with E-state index in [1.165, 1.54) is 6.07 Å². The van der Waals surface area contributed by atoms with Crippen LogP contribution in [0.15, 0.2) is 77.3 Å². The van der Waals surface area contributed by atoms with E-state index >= 15 is 0 Å². The summed E-state index contributed by atoms with van der Waals surface area (Å²) in [5.74, 6) is -2.00. The lowest BCUT2D eigenvalue weighted by Crippen LogP contribution is -2.25. The maximum atomic E-state index is 14.8. The van der Waals surface area contributed by atoms with Gasteiger partial charge in [0.2, 0.25) is 5.91 Å². The van der Waals surface area contributed by atoms with Crippen LogP contribution >= 0.6 is 15.9 Å². The quantitative estimate of drug-likeness (QED) is 0.583. The van der Waals surface area contributed by atoms with Crippen LogP contribution in [0.25, 0.3) is 0 Å². The number of hydrogen-bond acceptors (Lipinski definition) is 2. The zero-order valence-electron chi connectivity index (χ0n) is 14.7. The molecule has 1 heterocycles. The number of nitrogens with one attached hydrogen (secondary N) is 1. The number of anilines is 1. The number of carbonyl (C=O) groups excluding carboxylic acids is 2. The molecule has 0 saturated heterocycles. The molecule has 5 heteroatoms. The van der Waals surface area contributed by atoms with Crippen molar-refractivity contribution in [3.05, 3.63) is 99.8 Å². The van der Waals surface area contributed by atoms with Crippen molar-refractivity contribution in [2.45, 2.75) is 11.3 Å². The molecule has 28 heavy (non-hydrogen) atoms. The smallest absolute Gasteiger partial charge is 0.236 e. The number of para-hydroxylation sites is 1. The minimum Gasteiger partial charge on any atom is -0.325 e. The first-order valence-corrected chi connectivity index (χ1v) is 9.79. The molecule has 1 aliphatic heterocycles. The molecule has 0 unspecified atom stereocenters. The van der Waals surface area contributed by atoms with Gasteiger partial charge in [0.25, 0.3) is 0 Å². The van der Waals surface area contributed by atoms with Crippen molar-refractivity contribution in [1.82, 2.24) is 0 Å². The van der Waals surface area contributed by atoms with Gasteiger partial charge in [-0.15, -0.1) is 0 Å². The fourth-order valence-electron chi connectivity index (χ4n) is 4.62. The predicted molar refractivity (Wildman–Crippen MR) is 108 cm³/mol.